The van der Waals surface area contributed by atoms with Crippen LogP contribution in [0.3, 0.4) is 0 Å². The van der Waals surface area contributed by atoms with Crippen molar-refractivity contribution in [1.82, 2.24) is 4.90 Å². The molecule has 0 radical (unpaired) electrons. The van der Waals surface area contributed by atoms with Gasteiger partial charge in [0, 0.05) is 26.2 Å². The first kappa shape index (κ1) is 15.7. The van der Waals surface area contributed by atoms with E-state index in [1.165, 1.54) is 5.56 Å². The number of ether oxygens (including phenoxy) is 1. The average Bonchev–Trinajstić information content (AvgIpc) is 3.09. The van der Waals surface area contributed by atoms with Crippen LogP contribution in [0.2, 0.25) is 0 Å². The summed E-state index contributed by atoms with van der Waals surface area (Å²) in [6.45, 7) is 7.12. The number of hydrogen-bond acceptors (Lipinski definition) is 4. The highest BCUT2D eigenvalue weighted by Crippen LogP contribution is 2.17. The maximum Gasteiger partial charge on any atom is 0.0702 e. The van der Waals surface area contributed by atoms with Crippen LogP contribution in [0.5, 0.6) is 0 Å². The summed E-state index contributed by atoms with van der Waals surface area (Å²) in [4.78, 5) is 2.33. The minimum atomic E-state index is -0.284. The summed E-state index contributed by atoms with van der Waals surface area (Å²) in [7, 11) is 0. The third-order valence-corrected chi connectivity index (χ3v) is 4.38. The summed E-state index contributed by atoms with van der Waals surface area (Å²) in [5.41, 5.74) is 1.32. The molecule has 1 aliphatic rings. The molecule has 2 rings (SSSR count). The predicted molar refractivity (Wildman–Crippen MR) is 84.0 cm³/mol. The lowest BCUT2D eigenvalue weighted by Crippen LogP contribution is -2.37. The van der Waals surface area contributed by atoms with E-state index in [0.29, 0.717) is 12.6 Å². The molecule has 0 aliphatic carbocycles. The van der Waals surface area contributed by atoms with Gasteiger partial charge in [-0.2, -0.15) is 11.3 Å². The molecule has 1 N–H and O–H groups in total. The Morgan fingerprint density at radius 3 is 3.15 bits per heavy atom. The SMILES string of the molecule is C=CCCC(O)CN(Cc1ccsc1)CC1CCCO1. The molecular formula is C16H25NO2S. The molecule has 2 heterocycles. The topological polar surface area (TPSA) is 32.7 Å². The summed E-state index contributed by atoms with van der Waals surface area (Å²) in [6.07, 6.45) is 5.88. The third-order valence-electron chi connectivity index (χ3n) is 3.65. The molecule has 0 amide bonds. The quantitative estimate of drug-likeness (QED) is 0.711. The first-order valence-corrected chi connectivity index (χ1v) is 8.36. The van der Waals surface area contributed by atoms with Crippen molar-refractivity contribution in [1.29, 1.82) is 0 Å². The molecular weight excluding hydrogens is 270 g/mol. The van der Waals surface area contributed by atoms with E-state index < -0.39 is 0 Å². The minimum absolute atomic E-state index is 0.284. The van der Waals surface area contributed by atoms with E-state index in [2.05, 4.69) is 28.3 Å². The fourth-order valence-corrected chi connectivity index (χ4v) is 3.28. The van der Waals surface area contributed by atoms with E-state index in [1.54, 1.807) is 11.3 Å². The van der Waals surface area contributed by atoms with Crippen molar-refractivity contribution in [2.75, 3.05) is 19.7 Å². The number of thiophene rings is 1. The van der Waals surface area contributed by atoms with Gasteiger partial charge in [-0.25, -0.2) is 0 Å². The van der Waals surface area contributed by atoms with Crippen molar-refractivity contribution >= 4 is 11.3 Å². The zero-order chi connectivity index (χ0) is 14.2. The monoisotopic (exact) mass is 295 g/mol. The van der Waals surface area contributed by atoms with E-state index in [0.717, 1.165) is 45.4 Å². The number of aliphatic hydroxyl groups excluding tert-OH is 1. The first-order chi connectivity index (χ1) is 9.78. The maximum atomic E-state index is 10.1. The molecule has 0 bridgehead atoms. The summed E-state index contributed by atoms with van der Waals surface area (Å²) < 4.78 is 5.73. The second-order valence-electron chi connectivity index (χ2n) is 5.48. The lowest BCUT2D eigenvalue weighted by atomic mass is 10.1. The molecule has 4 heteroatoms. The van der Waals surface area contributed by atoms with Gasteiger partial charge in [-0.15, -0.1) is 6.58 Å². The highest BCUT2D eigenvalue weighted by molar-refractivity contribution is 7.07. The second-order valence-corrected chi connectivity index (χ2v) is 6.26. The van der Waals surface area contributed by atoms with E-state index in [-0.39, 0.29) is 6.10 Å². The minimum Gasteiger partial charge on any atom is -0.392 e. The average molecular weight is 295 g/mol. The summed E-state index contributed by atoms with van der Waals surface area (Å²) >= 11 is 1.72. The summed E-state index contributed by atoms with van der Waals surface area (Å²) in [5.74, 6) is 0. The molecule has 3 nitrogen and oxygen atoms in total. The molecule has 112 valence electrons. The van der Waals surface area contributed by atoms with Gasteiger partial charge in [-0.3, -0.25) is 4.90 Å². The molecule has 20 heavy (non-hydrogen) atoms. The predicted octanol–water partition coefficient (Wildman–Crippen LogP) is 3.06. The highest BCUT2D eigenvalue weighted by Gasteiger charge is 2.21. The lowest BCUT2D eigenvalue weighted by molar-refractivity contribution is 0.0446. The van der Waals surface area contributed by atoms with Gasteiger partial charge in [0.2, 0.25) is 0 Å². The molecule has 0 spiro atoms. The van der Waals surface area contributed by atoms with Crippen LogP contribution in [0.25, 0.3) is 0 Å². The van der Waals surface area contributed by atoms with Crippen LogP contribution in [0.4, 0.5) is 0 Å². The number of rotatable bonds is 9. The second kappa shape index (κ2) is 8.57. The van der Waals surface area contributed by atoms with Crippen LogP contribution in [0.15, 0.2) is 29.5 Å². The Labute approximate surface area is 125 Å². The van der Waals surface area contributed by atoms with Crippen molar-refractivity contribution in [3.63, 3.8) is 0 Å². The Morgan fingerprint density at radius 1 is 1.60 bits per heavy atom. The first-order valence-electron chi connectivity index (χ1n) is 7.42. The molecule has 1 saturated heterocycles. The van der Waals surface area contributed by atoms with E-state index in [9.17, 15) is 5.11 Å². The van der Waals surface area contributed by atoms with Crippen LogP contribution < -0.4 is 0 Å². The van der Waals surface area contributed by atoms with Gasteiger partial charge in [-0.05, 0) is 48.1 Å². The molecule has 2 atom stereocenters. The van der Waals surface area contributed by atoms with Crippen molar-refractivity contribution in [3.05, 3.63) is 35.0 Å². The Kier molecular flexibility index (Phi) is 6.73. The van der Waals surface area contributed by atoms with Gasteiger partial charge >= 0.3 is 0 Å². The van der Waals surface area contributed by atoms with Gasteiger partial charge in [0.1, 0.15) is 0 Å². The summed E-state index contributed by atoms with van der Waals surface area (Å²) in [5, 5.41) is 14.4. The van der Waals surface area contributed by atoms with Crippen LogP contribution >= 0.6 is 11.3 Å². The smallest absolute Gasteiger partial charge is 0.0702 e. The van der Waals surface area contributed by atoms with Gasteiger partial charge in [0.25, 0.3) is 0 Å². The largest absolute Gasteiger partial charge is 0.392 e. The van der Waals surface area contributed by atoms with Crippen LogP contribution in [0, 0.1) is 0 Å². The van der Waals surface area contributed by atoms with Gasteiger partial charge < -0.3 is 9.84 Å². The molecule has 1 aromatic rings. The number of allylic oxidation sites excluding steroid dienone is 1. The fourth-order valence-electron chi connectivity index (χ4n) is 2.62. The Bertz CT molecular complexity index is 374. The molecule has 0 aromatic carbocycles. The zero-order valence-electron chi connectivity index (χ0n) is 12.0. The normalized spacial score (nSPS) is 20.4. The fraction of sp³-hybridized carbons (Fsp3) is 0.625. The molecule has 1 fully saturated rings. The van der Waals surface area contributed by atoms with Crippen molar-refractivity contribution in [2.24, 2.45) is 0 Å². The third kappa shape index (κ3) is 5.37. The van der Waals surface area contributed by atoms with Crippen LogP contribution in [-0.4, -0.2) is 41.9 Å². The molecule has 1 aromatic heterocycles. The van der Waals surface area contributed by atoms with E-state index in [4.69, 9.17) is 4.74 Å². The molecule has 2 unspecified atom stereocenters. The van der Waals surface area contributed by atoms with Gasteiger partial charge in [0.15, 0.2) is 0 Å². The Morgan fingerprint density at radius 2 is 2.50 bits per heavy atom. The standard InChI is InChI=1S/C16H25NO2S/c1-2-3-5-15(18)11-17(10-14-7-9-20-13-14)12-16-6-4-8-19-16/h2,7,9,13,15-16,18H,1,3-6,8,10-12H2. The lowest BCUT2D eigenvalue weighted by Gasteiger charge is -2.27. The van der Waals surface area contributed by atoms with Gasteiger partial charge in [-0.1, -0.05) is 6.08 Å². The van der Waals surface area contributed by atoms with Crippen molar-refractivity contribution in [3.8, 4) is 0 Å². The van der Waals surface area contributed by atoms with Gasteiger partial charge in [0.05, 0.1) is 12.2 Å². The maximum absolute atomic E-state index is 10.1. The summed E-state index contributed by atoms with van der Waals surface area (Å²) in [6, 6.07) is 2.16. The van der Waals surface area contributed by atoms with Crippen molar-refractivity contribution in [2.45, 2.75) is 44.4 Å². The van der Waals surface area contributed by atoms with Crippen molar-refractivity contribution < 1.29 is 9.84 Å². The number of aliphatic hydroxyl groups is 1. The Hall–Kier alpha value is -0.680. The zero-order valence-corrected chi connectivity index (χ0v) is 12.9. The van der Waals surface area contributed by atoms with Crippen LogP contribution in [-0.2, 0) is 11.3 Å². The number of nitrogens with zero attached hydrogens (tertiary/aromatic N) is 1. The molecule has 0 saturated carbocycles. The Balaban J connectivity index is 1.86. The van der Waals surface area contributed by atoms with E-state index in [1.807, 2.05) is 6.08 Å². The van der Waals surface area contributed by atoms with E-state index >= 15 is 0 Å². The molecule has 1 aliphatic heterocycles. The number of hydrogen-bond donors (Lipinski definition) is 1. The highest BCUT2D eigenvalue weighted by atomic mass is 32.1. The van der Waals surface area contributed by atoms with Crippen LogP contribution in [0.1, 0.15) is 31.2 Å².